The summed E-state index contributed by atoms with van der Waals surface area (Å²) in [5.41, 5.74) is 1.62. The van der Waals surface area contributed by atoms with E-state index in [2.05, 4.69) is 15.9 Å². The van der Waals surface area contributed by atoms with Crippen molar-refractivity contribution in [2.24, 2.45) is 0 Å². The van der Waals surface area contributed by atoms with Crippen LogP contribution in [0.4, 0.5) is 4.79 Å². The second-order valence-electron chi connectivity index (χ2n) is 5.76. The molecule has 114 valence electrons. The van der Waals surface area contributed by atoms with E-state index in [0.29, 0.717) is 13.1 Å². The Kier molecular flexibility index (Phi) is 4.21. The molecule has 4 heteroatoms. The molecule has 22 heavy (non-hydrogen) atoms. The van der Waals surface area contributed by atoms with Crippen LogP contribution in [-0.4, -0.2) is 17.5 Å². The van der Waals surface area contributed by atoms with Crippen LogP contribution in [-0.2, 0) is 16.9 Å². The van der Waals surface area contributed by atoms with Gasteiger partial charge in [0.1, 0.15) is 5.60 Å². The summed E-state index contributed by atoms with van der Waals surface area (Å²) in [6.45, 7) is 3.26. The monoisotopic (exact) mass is 359 g/mol. The van der Waals surface area contributed by atoms with Crippen molar-refractivity contribution in [2.75, 3.05) is 6.54 Å². The number of carbonyl (C=O) groups is 1. The van der Waals surface area contributed by atoms with E-state index in [1.54, 1.807) is 4.90 Å². The lowest BCUT2D eigenvalue weighted by atomic mass is 9.91. The van der Waals surface area contributed by atoms with E-state index in [-0.39, 0.29) is 6.09 Å². The molecular formula is C18H18BrNO2. The first-order valence-corrected chi connectivity index (χ1v) is 8.14. The van der Waals surface area contributed by atoms with Crippen LogP contribution in [0, 0.1) is 0 Å². The van der Waals surface area contributed by atoms with Gasteiger partial charge in [0.05, 0.1) is 0 Å². The Bertz CT molecular complexity index is 657. The number of amides is 1. The minimum Gasteiger partial charge on any atom is -0.438 e. The van der Waals surface area contributed by atoms with Crippen molar-refractivity contribution < 1.29 is 9.53 Å². The van der Waals surface area contributed by atoms with Gasteiger partial charge in [0, 0.05) is 24.0 Å². The summed E-state index contributed by atoms with van der Waals surface area (Å²) in [6.07, 6.45) is 0.541. The van der Waals surface area contributed by atoms with Crippen LogP contribution in [0.3, 0.4) is 0 Å². The Morgan fingerprint density at radius 1 is 1.14 bits per heavy atom. The maximum atomic E-state index is 12.3. The number of cyclic esters (lactones) is 1. The molecule has 2 aromatic carbocycles. The largest absolute Gasteiger partial charge is 0.438 e. The number of halogens is 1. The minimum absolute atomic E-state index is 0.250. The number of ether oxygens (including phenoxy) is 1. The van der Waals surface area contributed by atoms with Crippen LogP contribution in [0.15, 0.2) is 59.1 Å². The van der Waals surface area contributed by atoms with Crippen LogP contribution in [0.25, 0.3) is 0 Å². The van der Waals surface area contributed by atoms with E-state index in [1.807, 2.05) is 61.5 Å². The molecule has 0 N–H and O–H groups in total. The molecule has 0 saturated carbocycles. The maximum Gasteiger partial charge on any atom is 0.410 e. The van der Waals surface area contributed by atoms with Gasteiger partial charge in [-0.2, -0.15) is 0 Å². The zero-order valence-electron chi connectivity index (χ0n) is 12.5. The molecule has 1 saturated heterocycles. The first kappa shape index (κ1) is 15.1. The van der Waals surface area contributed by atoms with E-state index in [0.717, 1.165) is 22.0 Å². The fourth-order valence-electron chi connectivity index (χ4n) is 2.70. The third-order valence-corrected chi connectivity index (χ3v) is 4.63. The van der Waals surface area contributed by atoms with Crippen molar-refractivity contribution in [3.8, 4) is 0 Å². The van der Waals surface area contributed by atoms with Gasteiger partial charge in [-0.15, -0.1) is 0 Å². The molecule has 1 fully saturated rings. The highest BCUT2D eigenvalue weighted by Gasteiger charge is 2.37. The van der Waals surface area contributed by atoms with E-state index in [1.165, 1.54) is 0 Å². The van der Waals surface area contributed by atoms with E-state index in [9.17, 15) is 4.79 Å². The summed E-state index contributed by atoms with van der Waals surface area (Å²) < 4.78 is 6.78. The molecule has 0 aliphatic carbocycles. The van der Waals surface area contributed by atoms with Gasteiger partial charge >= 0.3 is 6.09 Å². The predicted molar refractivity (Wildman–Crippen MR) is 89.4 cm³/mol. The molecule has 0 spiro atoms. The number of rotatable bonds is 3. The second kappa shape index (κ2) is 6.13. The number of benzene rings is 2. The zero-order valence-corrected chi connectivity index (χ0v) is 14.0. The number of nitrogens with zero attached hydrogens (tertiary/aromatic N) is 1. The van der Waals surface area contributed by atoms with Gasteiger partial charge in [-0.05, 0) is 30.2 Å². The van der Waals surface area contributed by atoms with Crippen LogP contribution in [0.1, 0.15) is 24.5 Å². The van der Waals surface area contributed by atoms with Crippen LogP contribution in [0.5, 0.6) is 0 Å². The normalized spacial score (nSPS) is 21.5. The zero-order chi connectivity index (χ0) is 15.6. The third-order valence-electron chi connectivity index (χ3n) is 4.10. The fourth-order valence-corrected chi connectivity index (χ4v) is 2.96. The van der Waals surface area contributed by atoms with E-state index >= 15 is 0 Å². The van der Waals surface area contributed by atoms with Crippen LogP contribution >= 0.6 is 15.9 Å². The highest BCUT2D eigenvalue weighted by molar-refractivity contribution is 9.10. The first-order valence-electron chi connectivity index (χ1n) is 7.35. The Hall–Kier alpha value is -1.81. The second-order valence-corrected chi connectivity index (χ2v) is 6.68. The SMILES string of the molecule is CC1(c2ccccc2)CCN(Cc2ccc(Br)cc2)C(=O)O1. The summed E-state index contributed by atoms with van der Waals surface area (Å²) in [5, 5.41) is 0. The lowest BCUT2D eigenvalue weighted by Gasteiger charge is -2.39. The van der Waals surface area contributed by atoms with Gasteiger partial charge in [0.2, 0.25) is 0 Å². The summed E-state index contributed by atoms with van der Waals surface area (Å²) in [5.74, 6) is 0. The molecule has 1 heterocycles. The molecule has 0 aromatic heterocycles. The smallest absolute Gasteiger partial charge is 0.410 e. The molecule has 0 radical (unpaired) electrons. The quantitative estimate of drug-likeness (QED) is 0.794. The van der Waals surface area contributed by atoms with Gasteiger partial charge < -0.3 is 9.64 Å². The van der Waals surface area contributed by atoms with Crippen LogP contribution in [0.2, 0.25) is 0 Å². The number of hydrogen-bond donors (Lipinski definition) is 0. The van der Waals surface area contributed by atoms with Gasteiger partial charge in [0.25, 0.3) is 0 Å². The topological polar surface area (TPSA) is 29.5 Å². The van der Waals surface area contributed by atoms with Gasteiger partial charge in [-0.3, -0.25) is 0 Å². The minimum atomic E-state index is -0.533. The molecule has 3 rings (SSSR count). The van der Waals surface area contributed by atoms with E-state index < -0.39 is 5.60 Å². The Balaban J connectivity index is 1.70. The molecule has 3 nitrogen and oxygen atoms in total. The third kappa shape index (κ3) is 3.17. The van der Waals surface area contributed by atoms with Crippen molar-refractivity contribution in [1.29, 1.82) is 0 Å². The Morgan fingerprint density at radius 2 is 1.82 bits per heavy atom. The average Bonchev–Trinajstić information content (AvgIpc) is 2.53. The summed E-state index contributed by atoms with van der Waals surface area (Å²) in [7, 11) is 0. The molecule has 1 aliphatic rings. The maximum absolute atomic E-state index is 12.3. The Morgan fingerprint density at radius 3 is 2.45 bits per heavy atom. The standard InChI is InChI=1S/C18H18BrNO2/c1-18(15-5-3-2-4-6-15)11-12-20(17(21)22-18)13-14-7-9-16(19)10-8-14/h2-10H,11-13H2,1H3. The van der Waals surface area contributed by atoms with Crippen molar-refractivity contribution >= 4 is 22.0 Å². The van der Waals surface area contributed by atoms with Gasteiger partial charge in [-0.25, -0.2) is 4.79 Å². The first-order chi connectivity index (χ1) is 10.6. The van der Waals surface area contributed by atoms with Crippen molar-refractivity contribution in [1.82, 2.24) is 4.90 Å². The lowest BCUT2D eigenvalue weighted by molar-refractivity contribution is -0.0427. The van der Waals surface area contributed by atoms with Crippen molar-refractivity contribution in [3.63, 3.8) is 0 Å². The number of hydrogen-bond acceptors (Lipinski definition) is 2. The van der Waals surface area contributed by atoms with Crippen molar-refractivity contribution in [2.45, 2.75) is 25.5 Å². The van der Waals surface area contributed by atoms with Crippen LogP contribution < -0.4 is 0 Å². The highest BCUT2D eigenvalue weighted by atomic mass is 79.9. The molecule has 1 amide bonds. The Labute approximate surface area is 139 Å². The molecular weight excluding hydrogens is 342 g/mol. The summed E-state index contributed by atoms with van der Waals surface area (Å²) >= 11 is 3.42. The highest BCUT2D eigenvalue weighted by Crippen LogP contribution is 2.33. The summed E-state index contributed by atoms with van der Waals surface area (Å²) in [6, 6.07) is 17.9. The van der Waals surface area contributed by atoms with Gasteiger partial charge in [0.15, 0.2) is 0 Å². The van der Waals surface area contributed by atoms with Crippen molar-refractivity contribution in [3.05, 3.63) is 70.2 Å². The average molecular weight is 360 g/mol. The number of carbonyl (C=O) groups excluding carboxylic acids is 1. The lowest BCUT2D eigenvalue weighted by Crippen LogP contribution is -2.46. The van der Waals surface area contributed by atoms with E-state index in [4.69, 9.17) is 4.74 Å². The fraction of sp³-hybridized carbons (Fsp3) is 0.278. The molecule has 1 unspecified atom stereocenters. The molecule has 1 aliphatic heterocycles. The van der Waals surface area contributed by atoms with Gasteiger partial charge in [-0.1, -0.05) is 58.4 Å². The molecule has 1 atom stereocenters. The summed E-state index contributed by atoms with van der Waals surface area (Å²) in [4.78, 5) is 14.1. The molecule has 2 aromatic rings. The predicted octanol–water partition coefficient (Wildman–Crippen LogP) is 4.71. The molecule has 0 bridgehead atoms.